The number of carbonyl (C=O) groups excluding carboxylic acids is 1. The van der Waals surface area contributed by atoms with Crippen molar-refractivity contribution in [3.05, 3.63) is 53.6 Å². The molecule has 2 N–H and O–H groups in total. The first-order valence-corrected chi connectivity index (χ1v) is 5.67. The van der Waals surface area contributed by atoms with E-state index in [0.717, 1.165) is 16.7 Å². The minimum atomic E-state index is -0.377. The van der Waals surface area contributed by atoms with Crippen molar-refractivity contribution in [1.82, 2.24) is 0 Å². The predicted octanol–water partition coefficient (Wildman–Crippen LogP) is 3.03. The SMILES string of the molecule is COC(=O)c1ccc(-c2ccccc2C)c(N)c1. The molecule has 0 unspecified atom stereocenters. The molecule has 0 spiro atoms. The molecule has 0 amide bonds. The molecule has 0 heterocycles. The van der Waals surface area contributed by atoms with Gasteiger partial charge in [0.05, 0.1) is 12.7 Å². The quantitative estimate of drug-likeness (QED) is 0.649. The van der Waals surface area contributed by atoms with E-state index in [0.29, 0.717) is 11.3 Å². The lowest BCUT2D eigenvalue weighted by molar-refractivity contribution is 0.0601. The molecule has 0 aliphatic rings. The first-order chi connectivity index (χ1) is 8.63. The van der Waals surface area contributed by atoms with Crippen molar-refractivity contribution < 1.29 is 9.53 Å². The van der Waals surface area contributed by atoms with Gasteiger partial charge in [0.25, 0.3) is 0 Å². The van der Waals surface area contributed by atoms with Gasteiger partial charge in [-0.1, -0.05) is 30.3 Å². The zero-order valence-corrected chi connectivity index (χ0v) is 10.4. The van der Waals surface area contributed by atoms with E-state index in [9.17, 15) is 4.79 Å². The zero-order valence-electron chi connectivity index (χ0n) is 10.4. The molecule has 0 fully saturated rings. The Labute approximate surface area is 106 Å². The number of nitrogen functional groups attached to an aromatic ring is 1. The normalized spacial score (nSPS) is 10.1. The number of rotatable bonds is 2. The second kappa shape index (κ2) is 4.92. The van der Waals surface area contributed by atoms with Gasteiger partial charge in [0, 0.05) is 11.3 Å². The molecule has 92 valence electrons. The van der Waals surface area contributed by atoms with Gasteiger partial charge < -0.3 is 10.5 Å². The van der Waals surface area contributed by atoms with Gasteiger partial charge in [0.15, 0.2) is 0 Å². The summed E-state index contributed by atoms with van der Waals surface area (Å²) in [6, 6.07) is 13.2. The van der Waals surface area contributed by atoms with Gasteiger partial charge in [0.1, 0.15) is 0 Å². The Hall–Kier alpha value is -2.29. The molecule has 18 heavy (non-hydrogen) atoms. The minimum absolute atomic E-state index is 0.377. The zero-order chi connectivity index (χ0) is 13.1. The van der Waals surface area contributed by atoms with Gasteiger partial charge in [-0.05, 0) is 30.2 Å². The maximum Gasteiger partial charge on any atom is 0.337 e. The molecule has 0 saturated heterocycles. The molecule has 2 aromatic carbocycles. The van der Waals surface area contributed by atoms with Gasteiger partial charge in [0.2, 0.25) is 0 Å². The van der Waals surface area contributed by atoms with Crippen LogP contribution in [0.4, 0.5) is 5.69 Å². The van der Waals surface area contributed by atoms with Crippen molar-refractivity contribution in [3.63, 3.8) is 0 Å². The van der Waals surface area contributed by atoms with Crippen LogP contribution in [0.25, 0.3) is 11.1 Å². The highest BCUT2D eigenvalue weighted by atomic mass is 16.5. The Bertz CT molecular complexity index is 591. The summed E-state index contributed by atoms with van der Waals surface area (Å²) in [4.78, 5) is 11.4. The molecule has 0 aliphatic heterocycles. The van der Waals surface area contributed by atoms with Crippen LogP contribution in [-0.4, -0.2) is 13.1 Å². The van der Waals surface area contributed by atoms with E-state index in [1.807, 2.05) is 37.3 Å². The van der Waals surface area contributed by atoms with E-state index in [4.69, 9.17) is 5.73 Å². The van der Waals surface area contributed by atoms with E-state index in [1.54, 1.807) is 12.1 Å². The van der Waals surface area contributed by atoms with Gasteiger partial charge >= 0.3 is 5.97 Å². The lowest BCUT2D eigenvalue weighted by Crippen LogP contribution is -2.02. The van der Waals surface area contributed by atoms with Crippen molar-refractivity contribution in [2.24, 2.45) is 0 Å². The fraction of sp³-hybridized carbons (Fsp3) is 0.133. The topological polar surface area (TPSA) is 52.3 Å². The summed E-state index contributed by atoms with van der Waals surface area (Å²) in [5.41, 5.74) is 10.2. The number of hydrogen-bond acceptors (Lipinski definition) is 3. The van der Waals surface area contributed by atoms with Gasteiger partial charge in [-0.15, -0.1) is 0 Å². The number of ether oxygens (including phenoxy) is 1. The monoisotopic (exact) mass is 241 g/mol. The number of nitrogens with two attached hydrogens (primary N) is 1. The molecule has 0 bridgehead atoms. The van der Waals surface area contributed by atoms with E-state index < -0.39 is 0 Å². The first kappa shape index (κ1) is 12.2. The van der Waals surface area contributed by atoms with Crippen LogP contribution in [0, 0.1) is 6.92 Å². The molecule has 0 aromatic heterocycles. The first-order valence-electron chi connectivity index (χ1n) is 5.67. The number of carbonyl (C=O) groups is 1. The van der Waals surface area contributed by atoms with Crippen LogP contribution >= 0.6 is 0 Å². The lowest BCUT2D eigenvalue weighted by atomic mass is 9.98. The molecule has 0 atom stereocenters. The third-order valence-corrected chi connectivity index (χ3v) is 2.91. The molecule has 2 rings (SSSR count). The second-order valence-electron chi connectivity index (χ2n) is 4.11. The van der Waals surface area contributed by atoms with Crippen LogP contribution < -0.4 is 5.73 Å². The van der Waals surface area contributed by atoms with Crippen LogP contribution in [-0.2, 0) is 4.74 Å². The van der Waals surface area contributed by atoms with Crippen molar-refractivity contribution >= 4 is 11.7 Å². The number of methoxy groups -OCH3 is 1. The summed E-state index contributed by atoms with van der Waals surface area (Å²) < 4.78 is 4.67. The van der Waals surface area contributed by atoms with Gasteiger partial charge in [-0.2, -0.15) is 0 Å². The van der Waals surface area contributed by atoms with Gasteiger partial charge in [-0.3, -0.25) is 0 Å². The molecule has 0 aliphatic carbocycles. The maximum absolute atomic E-state index is 11.4. The summed E-state index contributed by atoms with van der Waals surface area (Å²) in [6.45, 7) is 2.03. The van der Waals surface area contributed by atoms with Crippen LogP contribution in [0.5, 0.6) is 0 Å². The largest absolute Gasteiger partial charge is 0.465 e. The highest BCUT2D eigenvalue weighted by Gasteiger charge is 2.10. The number of benzene rings is 2. The van der Waals surface area contributed by atoms with Crippen LogP contribution in [0.3, 0.4) is 0 Å². The molecule has 3 heteroatoms. The van der Waals surface area contributed by atoms with E-state index in [-0.39, 0.29) is 5.97 Å². The molecular weight excluding hydrogens is 226 g/mol. The Balaban J connectivity index is 2.49. The number of esters is 1. The lowest BCUT2D eigenvalue weighted by Gasteiger charge is -2.10. The summed E-state index contributed by atoms with van der Waals surface area (Å²) in [5.74, 6) is -0.377. The molecular formula is C15H15NO2. The van der Waals surface area contributed by atoms with Gasteiger partial charge in [-0.25, -0.2) is 4.79 Å². The standard InChI is InChI=1S/C15H15NO2/c1-10-5-3-4-6-12(10)13-8-7-11(9-14(13)16)15(17)18-2/h3-9H,16H2,1-2H3. The summed E-state index contributed by atoms with van der Waals surface area (Å²) in [6.07, 6.45) is 0. The number of anilines is 1. The van der Waals surface area contributed by atoms with Crippen LogP contribution in [0.1, 0.15) is 15.9 Å². The second-order valence-corrected chi connectivity index (χ2v) is 4.11. The summed E-state index contributed by atoms with van der Waals surface area (Å²) >= 11 is 0. The number of hydrogen-bond donors (Lipinski definition) is 1. The summed E-state index contributed by atoms with van der Waals surface area (Å²) in [5, 5.41) is 0. The molecule has 3 nitrogen and oxygen atoms in total. The Morgan fingerprint density at radius 1 is 1.11 bits per heavy atom. The summed E-state index contributed by atoms with van der Waals surface area (Å²) in [7, 11) is 1.35. The van der Waals surface area contributed by atoms with E-state index >= 15 is 0 Å². The highest BCUT2D eigenvalue weighted by Crippen LogP contribution is 2.29. The smallest absolute Gasteiger partial charge is 0.337 e. The van der Waals surface area contributed by atoms with E-state index in [2.05, 4.69) is 4.74 Å². The Morgan fingerprint density at radius 2 is 1.83 bits per heavy atom. The van der Waals surface area contributed by atoms with Crippen LogP contribution in [0.15, 0.2) is 42.5 Å². The fourth-order valence-corrected chi connectivity index (χ4v) is 1.93. The average Bonchev–Trinajstić information content (AvgIpc) is 2.39. The molecule has 2 aromatic rings. The molecule has 0 saturated carbocycles. The Morgan fingerprint density at radius 3 is 2.44 bits per heavy atom. The predicted molar refractivity (Wildman–Crippen MR) is 72.4 cm³/mol. The highest BCUT2D eigenvalue weighted by molar-refractivity contribution is 5.92. The van der Waals surface area contributed by atoms with Crippen molar-refractivity contribution in [1.29, 1.82) is 0 Å². The Kier molecular flexibility index (Phi) is 3.33. The molecule has 0 radical (unpaired) electrons. The third-order valence-electron chi connectivity index (χ3n) is 2.91. The van der Waals surface area contributed by atoms with Crippen molar-refractivity contribution in [3.8, 4) is 11.1 Å². The maximum atomic E-state index is 11.4. The fourth-order valence-electron chi connectivity index (χ4n) is 1.93. The average molecular weight is 241 g/mol. The van der Waals surface area contributed by atoms with E-state index in [1.165, 1.54) is 7.11 Å². The van der Waals surface area contributed by atoms with Crippen molar-refractivity contribution in [2.75, 3.05) is 12.8 Å². The minimum Gasteiger partial charge on any atom is -0.465 e. The van der Waals surface area contributed by atoms with Crippen molar-refractivity contribution in [2.45, 2.75) is 6.92 Å². The number of aryl methyl sites for hydroxylation is 1. The van der Waals surface area contributed by atoms with Crippen LogP contribution in [0.2, 0.25) is 0 Å². The third kappa shape index (κ3) is 2.20.